The SMILES string of the molecule is CC(C)N(CC(F)F)C(=O)c1cc(F)ccc1Oc1cncnc1N1CC2(CC(Oc3ccnc4c3CB(C#N)CC4)C2)C1. The normalized spacial score (nSPS) is 17.1. The minimum atomic E-state index is -2.74. The summed E-state index contributed by atoms with van der Waals surface area (Å²) in [5.41, 5.74) is 1.98. The Hall–Kier alpha value is -4.34. The van der Waals surface area contributed by atoms with Gasteiger partial charge in [-0.3, -0.25) is 9.78 Å². The summed E-state index contributed by atoms with van der Waals surface area (Å²) in [5.74, 6) is 2.59. The lowest BCUT2D eigenvalue weighted by molar-refractivity contribution is -0.0348. The van der Waals surface area contributed by atoms with Crippen molar-refractivity contribution in [3.63, 3.8) is 0 Å². The molecule has 0 atom stereocenters. The number of fused-ring (bicyclic) bond motifs is 1. The summed E-state index contributed by atoms with van der Waals surface area (Å²) < 4.78 is 53.1. The van der Waals surface area contributed by atoms with Gasteiger partial charge >= 0.3 is 0 Å². The van der Waals surface area contributed by atoms with Gasteiger partial charge in [-0.1, -0.05) is 6.32 Å². The first-order valence-corrected chi connectivity index (χ1v) is 14.8. The first-order chi connectivity index (χ1) is 21.1. The van der Waals surface area contributed by atoms with Gasteiger partial charge in [-0.05, 0) is 63.7 Å². The summed E-state index contributed by atoms with van der Waals surface area (Å²) in [5, 5.41) is 9.40. The average molecular weight is 604 g/mol. The fourth-order valence-corrected chi connectivity index (χ4v) is 6.50. The van der Waals surface area contributed by atoms with Crippen molar-refractivity contribution in [1.29, 1.82) is 5.26 Å². The molecule has 0 radical (unpaired) electrons. The zero-order valence-electron chi connectivity index (χ0n) is 24.5. The van der Waals surface area contributed by atoms with E-state index in [1.54, 1.807) is 20.0 Å². The maximum Gasteiger partial charge on any atom is 0.272 e. The van der Waals surface area contributed by atoms with E-state index in [-0.39, 0.29) is 35.3 Å². The first kappa shape index (κ1) is 29.7. The fourth-order valence-electron chi connectivity index (χ4n) is 6.50. The number of carbonyl (C=O) groups excluding carboxylic acids is 1. The van der Waals surface area contributed by atoms with Crippen LogP contribution in [-0.2, 0) is 12.7 Å². The van der Waals surface area contributed by atoms with E-state index in [9.17, 15) is 23.2 Å². The number of aromatic nitrogens is 3. The van der Waals surface area contributed by atoms with Crippen molar-refractivity contribution >= 4 is 18.4 Å². The average Bonchev–Trinajstić information content (AvgIpc) is 2.97. The second-order valence-corrected chi connectivity index (χ2v) is 12.2. The number of carbonyl (C=O) groups is 1. The van der Waals surface area contributed by atoms with Crippen LogP contribution in [0.1, 0.15) is 48.3 Å². The molecule has 228 valence electrons. The minimum Gasteiger partial charge on any atom is -0.490 e. The van der Waals surface area contributed by atoms with Gasteiger partial charge in [-0.15, -0.1) is 0 Å². The molecular formula is C31H32BF3N6O3. The Bertz CT molecular complexity index is 1590. The molecule has 2 aliphatic heterocycles. The molecule has 1 aromatic carbocycles. The second-order valence-electron chi connectivity index (χ2n) is 12.2. The van der Waals surface area contributed by atoms with E-state index >= 15 is 0 Å². The van der Waals surface area contributed by atoms with Crippen molar-refractivity contribution < 1.29 is 27.4 Å². The van der Waals surface area contributed by atoms with Crippen molar-refractivity contribution in [3.8, 4) is 23.2 Å². The number of anilines is 1. The van der Waals surface area contributed by atoms with Gasteiger partial charge in [-0.2, -0.15) is 0 Å². The third kappa shape index (κ3) is 5.90. The number of pyridine rings is 1. The van der Waals surface area contributed by atoms with Crippen LogP contribution in [0.4, 0.5) is 19.0 Å². The van der Waals surface area contributed by atoms with Crippen molar-refractivity contribution in [1.82, 2.24) is 19.9 Å². The van der Waals surface area contributed by atoms with Crippen LogP contribution in [0.25, 0.3) is 0 Å². The van der Waals surface area contributed by atoms with Gasteiger partial charge in [0.05, 0.1) is 18.3 Å². The molecule has 2 fully saturated rings. The number of hydrogen-bond acceptors (Lipinski definition) is 8. The van der Waals surface area contributed by atoms with Gasteiger partial charge in [0.2, 0.25) is 0 Å². The number of rotatable bonds is 9. The van der Waals surface area contributed by atoms with Crippen molar-refractivity contribution in [2.45, 2.75) is 64.3 Å². The van der Waals surface area contributed by atoms with Crippen LogP contribution in [0.2, 0.25) is 6.32 Å². The van der Waals surface area contributed by atoms with Gasteiger partial charge < -0.3 is 19.3 Å². The Balaban J connectivity index is 1.12. The molecule has 2 aromatic heterocycles. The van der Waals surface area contributed by atoms with Crippen molar-refractivity contribution in [2.24, 2.45) is 5.41 Å². The first-order valence-electron chi connectivity index (χ1n) is 14.8. The molecule has 1 saturated carbocycles. The molecule has 3 aromatic rings. The van der Waals surface area contributed by atoms with Gasteiger partial charge in [0.15, 0.2) is 11.6 Å². The lowest BCUT2D eigenvalue weighted by Gasteiger charge is -2.59. The predicted molar refractivity (Wildman–Crippen MR) is 157 cm³/mol. The monoisotopic (exact) mass is 604 g/mol. The van der Waals surface area contributed by atoms with Crippen LogP contribution in [0, 0.1) is 22.5 Å². The van der Waals surface area contributed by atoms with E-state index in [1.807, 2.05) is 6.07 Å². The van der Waals surface area contributed by atoms with Gasteiger partial charge in [0.1, 0.15) is 29.7 Å². The predicted octanol–water partition coefficient (Wildman–Crippen LogP) is 5.16. The van der Waals surface area contributed by atoms with Gasteiger partial charge in [0.25, 0.3) is 19.0 Å². The molecule has 0 N–H and O–H groups in total. The van der Waals surface area contributed by atoms with E-state index in [0.717, 1.165) is 72.7 Å². The van der Waals surface area contributed by atoms with E-state index in [4.69, 9.17) is 9.47 Å². The molecule has 9 nitrogen and oxygen atoms in total. The summed E-state index contributed by atoms with van der Waals surface area (Å²) in [7, 11) is 0. The van der Waals surface area contributed by atoms with Crippen LogP contribution in [0.5, 0.6) is 17.2 Å². The maximum atomic E-state index is 14.2. The fraction of sp³-hybridized carbons (Fsp3) is 0.452. The number of aryl methyl sites for hydroxylation is 1. The highest BCUT2D eigenvalue weighted by molar-refractivity contribution is 6.66. The van der Waals surface area contributed by atoms with Crippen molar-refractivity contribution in [3.05, 3.63) is 65.6 Å². The number of nitriles is 1. The number of benzene rings is 1. The molecule has 1 aliphatic carbocycles. The van der Waals surface area contributed by atoms with Gasteiger partial charge in [-0.25, -0.2) is 28.4 Å². The molecule has 0 bridgehead atoms. The third-order valence-corrected chi connectivity index (χ3v) is 8.70. The second kappa shape index (κ2) is 12.0. The zero-order chi connectivity index (χ0) is 31.0. The van der Waals surface area contributed by atoms with Crippen LogP contribution in [0.15, 0.2) is 43.0 Å². The number of halogens is 3. The highest BCUT2D eigenvalue weighted by atomic mass is 19.3. The standard InChI is InChI=1S/C31H32BF3N6O3/c1-19(2)41(14-28(34)35)30(42)22-9-20(33)3-4-25(22)44-27-13-37-18-39-29(27)40-15-31(16-40)10-21(11-31)43-26-6-8-38-24-5-7-32(17-36)12-23(24)26/h3-4,6,8-9,13,18-19,21,28H,5,7,10-12,14-16H2,1-2H3. The molecule has 1 saturated heterocycles. The van der Waals surface area contributed by atoms with E-state index in [0.29, 0.717) is 12.1 Å². The molecule has 13 heteroatoms. The molecular weight excluding hydrogens is 572 g/mol. The van der Waals surface area contributed by atoms with Crippen LogP contribution in [0.3, 0.4) is 0 Å². The molecule has 3 aliphatic rings. The Kier molecular flexibility index (Phi) is 8.09. The van der Waals surface area contributed by atoms with Crippen molar-refractivity contribution in [2.75, 3.05) is 24.5 Å². The number of hydrogen-bond donors (Lipinski definition) is 0. The molecule has 44 heavy (non-hydrogen) atoms. The lowest BCUT2D eigenvalue weighted by atomic mass is 9.42. The zero-order valence-corrected chi connectivity index (χ0v) is 24.5. The van der Waals surface area contributed by atoms with Crippen LogP contribution < -0.4 is 14.4 Å². The Morgan fingerprint density at radius 3 is 2.73 bits per heavy atom. The van der Waals surface area contributed by atoms with E-state index in [2.05, 4.69) is 25.8 Å². The summed E-state index contributed by atoms with van der Waals surface area (Å²) in [6.07, 6.45) is 5.99. The summed E-state index contributed by atoms with van der Waals surface area (Å²) in [4.78, 5) is 29.3. The largest absolute Gasteiger partial charge is 0.490 e. The number of amides is 1. The summed E-state index contributed by atoms with van der Waals surface area (Å²) >= 11 is 0. The van der Waals surface area contributed by atoms with E-state index in [1.165, 1.54) is 18.6 Å². The Morgan fingerprint density at radius 1 is 1.20 bits per heavy atom. The number of alkyl halides is 2. The summed E-state index contributed by atoms with van der Waals surface area (Å²) in [6.45, 7) is 3.88. The molecule has 1 spiro atoms. The molecule has 1 amide bonds. The Morgan fingerprint density at radius 2 is 2.00 bits per heavy atom. The smallest absolute Gasteiger partial charge is 0.272 e. The van der Waals surface area contributed by atoms with Crippen LogP contribution >= 0.6 is 0 Å². The molecule has 0 unspecified atom stereocenters. The minimum absolute atomic E-state index is 0.0119. The summed E-state index contributed by atoms with van der Waals surface area (Å²) in [6, 6.07) is 4.81. The van der Waals surface area contributed by atoms with Gasteiger partial charge in [0, 0.05) is 48.0 Å². The van der Waals surface area contributed by atoms with E-state index < -0.39 is 30.7 Å². The van der Waals surface area contributed by atoms with Crippen LogP contribution in [-0.4, -0.2) is 70.7 Å². The third-order valence-electron chi connectivity index (χ3n) is 8.70. The maximum absolute atomic E-state index is 14.2. The topological polar surface area (TPSA) is 104 Å². The number of ether oxygens (including phenoxy) is 2. The number of nitrogens with zero attached hydrogens (tertiary/aromatic N) is 6. The lowest BCUT2D eigenvalue weighted by Crippen LogP contribution is -2.65. The molecule has 6 rings (SSSR count). The Labute approximate surface area is 254 Å². The highest BCUT2D eigenvalue weighted by Gasteiger charge is 2.54. The highest BCUT2D eigenvalue weighted by Crippen LogP contribution is 2.52. The molecule has 4 heterocycles. The quantitative estimate of drug-likeness (QED) is 0.309.